The first-order valence-electron chi connectivity index (χ1n) is 6.24. The van der Waals surface area contributed by atoms with Gasteiger partial charge in [0, 0.05) is 12.7 Å². The predicted molar refractivity (Wildman–Crippen MR) is 78.0 cm³/mol. The minimum Gasteiger partial charge on any atom is -0.326 e. The fourth-order valence-electron chi connectivity index (χ4n) is 1.80. The molecular weight excluding hydrogens is 274 g/mol. The second-order valence-corrected chi connectivity index (χ2v) is 6.23. The Morgan fingerprint density at radius 2 is 1.90 bits per heavy atom. The smallest absolute Gasteiger partial charge is 0.216 e. The van der Waals surface area contributed by atoms with Gasteiger partial charge in [0.2, 0.25) is 10.0 Å². The molecule has 2 rings (SSSR count). The molecule has 0 aliphatic rings. The Hall–Kier alpha value is -1.76. The fourth-order valence-corrected chi connectivity index (χ4v) is 2.89. The van der Waals surface area contributed by atoms with Crippen LogP contribution in [0.4, 0.5) is 0 Å². The molecule has 2 aromatic rings. The van der Waals surface area contributed by atoms with E-state index in [1.54, 1.807) is 30.5 Å². The maximum absolute atomic E-state index is 12.0. The molecule has 0 saturated heterocycles. The summed E-state index contributed by atoms with van der Waals surface area (Å²) in [6.07, 6.45) is 1.63. The SMILES string of the molecule is NCc1cccc(CS(=O)(=O)NCc2ccccn2)c1. The first kappa shape index (κ1) is 14.6. The van der Waals surface area contributed by atoms with Crippen LogP contribution in [-0.2, 0) is 28.9 Å². The van der Waals surface area contributed by atoms with Crippen LogP contribution in [0.15, 0.2) is 48.7 Å². The van der Waals surface area contributed by atoms with Gasteiger partial charge in [0.15, 0.2) is 0 Å². The number of nitrogens with two attached hydrogens (primary N) is 1. The monoisotopic (exact) mass is 291 g/mol. The maximum Gasteiger partial charge on any atom is 0.216 e. The second-order valence-electron chi connectivity index (χ2n) is 4.43. The van der Waals surface area contributed by atoms with Crippen molar-refractivity contribution in [2.75, 3.05) is 0 Å². The van der Waals surface area contributed by atoms with Crippen LogP contribution in [-0.4, -0.2) is 13.4 Å². The third-order valence-electron chi connectivity index (χ3n) is 2.78. The van der Waals surface area contributed by atoms with Gasteiger partial charge in [0.1, 0.15) is 0 Å². The molecular formula is C14H17N3O2S. The van der Waals surface area contributed by atoms with E-state index in [2.05, 4.69) is 9.71 Å². The van der Waals surface area contributed by atoms with Gasteiger partial charge in [-0.3, -0.25) is 4.98 Å². The zero-order valence-corrected chi connectivity index (χ0v) is 11.8. The molecule has 0 spiro atoms. The molecule has 0 saturated carbocycles. The highest BCUT2D eigenvalue weighted by molar-refractivity contribution is 7.88. The Balaban J connectivity index is 2.00. The molecule has 20 heavy (non-hydrogen) atoms. The van der Waals surface area contributed by atoms with Crippen LogP contribution in [0.1, 0.15) is 16.8 Å². The van der Waals surface area contributed by atoms with Crippen LogP contribution in [0, 0.1) is 0 Å². The number of hydrogen-bond acceptors (Lipinski definition) is 4. The van der Waals surface area contributed by atoms with E-state index in [0.717, 1.165) is 11.1 Å². The molecule has 0 radical (unpaired) electrons. The molecule has 0 fully saturated rings. The quantitative estimate of drug-likeness (QED) is 0.836. The molecule has 0 amide bonds. The summed E-state index contributed by atoms with van der Waals surface area (Å²) in [4.78, 5) is 4.07. The molecule has 106 valence electrons. The minimum absolute atomic E-state index is 0.0618. The van der Waals surface area contributed by atoms with E-state index in [0.29, 0.717) is 12.2 Å². The number of pyridine rings is 1. The molecule has 5 nitrogen and oxygen atoms in total. The molecule has 0 bridgehead atoms. The van der Waals surface area contributed by atoms with E-state index in [9.17, 15) is 8.42 Å². The maximum atomic E-state index is 12.0. The third-order valence-corrected chi connectivity index (χ3v) is 4.08. The van der Waals surface area contributed by atoms with Crippen molar-refractivity contribution in [3.63, 3.8) is 0 Å². The van der Waals surface area contributed by atoms with Crippen molar-refractivity contribution in [3.8, 4) is 0 Å². The van der Waals surface area contributed by atoms with Gasteiger partial charge in [-0.15, -0.1) is 0 Å². The van der Waals surface area contributed by atoms with Crippen LogP contribution < -0.4 is 10.5 Å². The average Bonchev–Trinajstić information content (AvgIpc) is 2.46. The number of hydrogen-bond donors (Lipinski definition) is 2. The summed E-state index contributed by atoms with van der Waals surface area (Å²) in [6.45, 7) is 0.592. The van der Waals surface area contributed by atoms with Gasteiger partial charge >= 0.3 is 0 Å². The minimum atomic E-state index is -3.39. The third kappa shape index (κ3) is 4.41. The molecule has 6 heteroatoms. The molecule has 3 N–H and O–H groups in total. The number of nitrogens with zero attached hydrogens (tertiary/aromatic N) is 1. The average molecular weight is 291 g/mol. The number of aromatic nitrogens is 1. The van der Waals surface area contributed by atoms with Crippen molar-refractivity contribution in [2.45, 2.75) is 18.8 Å². The summed E-state index contributed by atoms with van der Waals surface area (Å²) in [7, 11) is -3.39. The topological polar surface area (TPSA) is 85.1 Å². The van der Waals surface area contributed by atoms with Gasteiger partial charge in [0.05, 0.1) is 18.0 Å². The van der Waals surface area contributed by atoms with Crippen LogP contribution >= 0.6 is 0 Å². The van der Waals surface area contributed by atoms with E-state index in [1.165, 1.54) is 0 Å². The Kier molecular flexibility index (Phi) is 4.84. The second kappa shape index (κ2) is 6.60. The first-order chi connectivity index (χ1) is 9.59. The Morgan fingerprint density at radius 1 is 1.10 bits per heavy atom. The standard InChI is InChI=1S/C14H17N3O2S/c15-9-12-4-3-5-13(8-12)11-20(18,19)17-10-14-6-1-2-7-16-14/h1-8,17H,9-11,15H2. The predicted octanol–water partition coefficient (Wildman–Crippen LogP) is 1.16. The van der Waals surface area contributed by atoms with Crippen LogP contribution in [0.5, 0.6) is 0 Å². The summed E-state index contributed by atoms with van der Waals surface area (Å²) in [5.74, 6) is -0.0618. The zero-order valence-electron chi connectivity index (χ0n) is 11.0. The lowest BCUT2D eigenvalue weighted by atomic mass is 10.1. The highest BCUT2D eigenvalue weighted by atomic mass is 32.2. The van der Waals surface area contributed by atoms with Gasteiger partial charge in [-0.25, -0.2) is 13.1 Å². The van der Waals surface area contributed by atoms with Gasteiger partial charge in [-0.1, -0.05) is 30.3 Å². The summed E-state index contributed by atoms with van der Waals surface area (Å²) >= 11 is 0. The Labute approximate surface area is 118 Å². The summed E-state index contributed by atoms with van der Waals surface area (Å²) in [6, 6.07) is 12.7. The molecule has 1 aromatic carbocycles. The number of sulfonamides is 1. The molecule has 0 aliphatic carbocycles. The van der Waals surface area contributed by atoms with Gasteiger partial charge in [0.25, 0.3) is 0 Å². The largest absolute Gasteiger partial charge is 0.326 e. The van der Waals surface area contributed by atoms with Crippen molar-refractivity contribution in [3.05, 3.63) is 65.5 Å². The number of benzene rings is 1. The number of nitrogens with one attached hydrogen (secondary N) is 1. The highest BCUT2D eigenvalue weighted by Crippen LogP contribution is 2.08. The molecule has 0 aliphatic heterocycles. The Morgan fingerprint density at radius 3 is 2.60 bits per heavy atom. The summed E-state index contributed by atoms with van der Waals surface area (Å²) in [5.41, 5.74) is 7.87. The van der Waals surface area contributed by atoms with E-state index in [1.807, 2.05) is 18.2 Å². The fraction of sp³-hybridized carbons (Fsp3) is 0.214. The van der Waals surface area contributed by atoms with E-state index in [4.69, 9.17) is 5.73 Å². The lowest BCUT2D eigenvalue weighted by Crippen LogP contribution is -2.25. The van der Waals surface area contributed by atoms with Crippen molar-refractivity contribution in [1.82, 2.24) is 9.71 Å². The van der Waals surface area contributed by atoms with Crippen molar-refractivity contribution < 1.29 is 8.42 Å². The van der Waals surface area contributed by atoms with E-state index < -0.39 is 10.0 Å². The lowest BCUT2D eigenvalue weighted by Gasteiger charge is -2.07. The van der Waals surface area contributed by atoms with E-state index in [-0.39, 0.29) is 12.3 Å². The van der Waals surface area contributed by atoms with Crippen molar-refractivity contribution in [1.29, 1.82) is 0 Å². The first-order valence-corrected chi connectivity index (χ1v) is 7.89. The highest BCUT2D eigenvalue weighted by Gasteiger charge is 2.11. The van der Waals surface area contributed by atoms with Gasteiger partial charge in [-0.05, 0) is 23.3 Å². The van der Waals surface area contributed by atoms with Gasteiger partial charge < -0.3 is 5.73 Å². The van der Waals surface area contributed by atoms with E-state index >= 15 is 0 Å². The molecule has 0 atom stereocenters. The summed E-state index contributed by atoms with van der Waals surface area (Å²) in [5, 5.41) is 0. The van der Waals surface area contributed by atoms with Gasteiger partial charge in [-0.2, -0.15) is 0 Å². The lowest BCUT2D eigenvalue weighted by molar-refractivity contribution is 0.579. The van der Waals surface area contributed by atoms with Crippen molar-refractivity contribution in [2.24, 2.45) is 5.73 Å². The summed E-state index contributed by atoms with van der Waals surface area (Å²) < 4.78 is 26.5. The number of rotatable bonds is 6. The molecule has 1 heterocycles. The van der Waals surface area contributed by atoms with Crippen LogP contribution in [0.2, 0.25) is 0 Å². The molecule has 0 unspecified atom stereocenters. The van der Waals surface area contributed by atoms with Crippen LogP contribution in [0.3, 0.4) is 0 Å². The molecule has 1 aromatic heterocycles. The Bertz CT molecular complexity index is 657. The van der Waals surface area contributed by atoms with Crippen molar-refractivity contribution >= 4 is 10.0 Å². The normalized spacial score (nSPS) is 11.4. The van der Waals surface area contributed by atoms with Crippen LogP contribution in [0.25, 0.3) is 0 Å². The zero-order chi connectivity index (χ0) is 14.4.